The van der Waals surface area contributed by atoms with Crippen molar-refractivity contribution in [2.24, 2.45) is 0 Å². The predicted octanol–water partition coefficient (Wildman–Crippen LogP) is 5.32. The van der Waals surface area contributed by atoms with Crippen molar-refractivity contribution in [2.75, 3.05) is 17.7 Å². The quantitative estimate of drug-likeness (QED) is 0.293. The number of hydrogen-bond acceptors (Lipinski definition) is 6. The van der Waals surface area contributed by atoms with E-state index in [9.17, 15) is 9.59 Å². The highest BCUT2D eigenvalue weighted by atomic mass is 79.9. The zero-order valence-electron chi connectivity index (χ0n) is 18.2. The second kappa shape index (κ2) is 10.7. The van der Waals surface area contributed by atoms with Crippen molar-refractivity contribution < 1.29 is 14.3 Å². The molecule has 0 unspecified atom stereocenters. The number of amides is 1. The van der Waals surface area contributed by atoms with Crippen molar-refractivity contribution in [3.8, 4) is 11.3 Å². The van der Waals surface area contributed by atoms with E-state index >= 15 is 0 Å². The molecule has 2 aromatic heterocycles. The largest absolute Gasteiger partial charge is 0.469 e. The molecule has 174 valence electrons. The Bertz CT molecular complexity index is 1360. The summed E-state index contributed by atoms with van der Waals surface area (Å²) in [6, 6.07) is 16.9. The third-order valence-electron chi connectivity index (χ3n) is 5.05. The molecule has 10 heteroatoms. The third kappa shape index (κ3) is 5.55. The number of esters is 1. The number of nitrogens with one attached hydrogen (secondary N) is 2. The van der Waals surface area contributed by atoms with Gasteiger partial charge in [-0.2, -0.15) is 9.61 Å². The van der Waals surface area contributed by atoms with E-state index in [1.54, 1.807) is 16.8 Å². The first kappa shape index (κ1) is 23.7. The summed E-state index contributed by atoms with van der Waals surface area (Å²) in [7, 11) is 1.30. The molecule has 1 amide bonds. The summed E-state index contributed by atoms with van der Waals surface area (Å²) < 4.78 is 7.05. The number of ether oxygens (including phenoxy) is 1. The molecule has 0 radical (unpaired) electrons. The van der Waals surface area contributed by atoms with Crippen LogP contribution in [0.25, 0.3) is 16.9 Å². The van der Waals surface area contributed by atoms with Gasteiger partial charge < -0.3 is 15.4 Å². The highest BCUT2D eigenvalue weighted by Crippen LogP contribution is 2.30. The Labute approximate surface area is 209 Å². The lowest BCUT2D eigenvalue weighted by Crippen LogP contribution is -2.14. The van der Waals surface area contributed by atoms with Crippen LogP contribution in [0.15, 0.2) is 65.3 Å². The number of nitrogens with zero attached hydrogens (tertiary/aromatic N) is 3. The summed E-state index contributed by atoms with van der Waals surface area (Å²) in [6.07, 6.45) is 1.78. The Morgan fingerprint density at radius 2 is 1.94 bits per heavy atom. The van der Waals surface area contributed by atoms with Crippen molar-refractivity contribution in [1.82, 2.24) is 14.6 Å². The smallest absolute Gasteiger partial charge is 0.306 e. The van der Waals surface area contributed by atoms with Crippen LogP contribution >= 0.6 is 27.5 Å². The first-order chi connectivity index (χ1) is 16.4. The number of halogens is 2. The number of carbonyl (C=O) groups is 2. The maximum atomic E-state index is 12.1. The normalized spacial score (nSPS) is 10.8. The first-order valence-corrected chi connectivity index (χ1v) is 11.6. The summed E-state index contributed by atoms with van der Waals surface area (Å²) >= 11 is 9.91. The summed E-state index contributed by atoms with van der Waals surface area (Å²) in [5.74, 6) is 0.0634. The molecular formula is C24H21BrClN5O3. The van der Waals surface area contributed by atoms with Crippen molar-refractivity contribution in [1.29, 1.82) is 0 Å². The molecule has 0 saturated carbocycles. The van der Waals surface area contributed by atoms with E-state index in [0.717, 1.165) is 21.4 Å². The molecule has 8 nitrogen and oxygen atoms in total. The second-order valence-corrected chi connectivity index (χ2v) is 8.67. The van der Waals surface area contributed by atoms with E-state index in [4.69, 9.17) is 16.6 Å². The number of benzene rings is 2. The van der Waals surface area contributed by atoms with E-state index in [1.165, 1.54) is 7.11 Å². The van der Waals surface area contributed by atoms with Gasteiger partial charge in [0.15, 0.2) is 5.65 Å². The van der Waals surface area contributed by atoms with Crippen molar-refractivity contribution in [3.63, 3.8) is 0 Å². The van der Waals surface area contributed by atoms with Crippen LogP contribution in [0.4, 0.5) is 11.5 Å². The fourth-order valence-electron chi connectivity index (χ4n) is 3.36. The van der Waals surface area contributed by atoms with Crippen LogP contribution in [0.3, 0.4) is 0 Å². The Kier molecular flexibility index (Phi) is 7.44. The maximum absolute atomic E-state index is 12.1. The van der Waals surface area contributed by atoms with Gasteiger partial charge in [0.25, 0.3) is 0 Å². The number of rotatable bonds is 8. The van der Waals surface area contributed by atoms with E-state index in [1.807, 2.05) is 48.5 Å². The van der Waals surface area contributed by atoms with E-state index in [2.05, 4.69) is 36.4 Å². The molecule has 0 saturated heterocycles. The molecule has 2 heterocycles. The van der Waals surface area contributed by atoms with Crippen LogP contribution in [0.2, 0.25) is 5.02 Å². The lowest BCUT2D eigenvalue weighted by Gasteiger charge is -2.12. The van der Waals surface area contributed by atoms with Gasteiger partial charge in [-0.1, -0.05) is 41.9 Å². The van der Waals surface area contributed by atoms with Crippen LogP contribution in [-0.2, 0) is 20.9 Å². The molecule has 0 spiro atoms. The minimum atomic E-state index is -0.418. The van der Waals surface area contributed by atoms with Crippen LogP contribution in [0.1, 0.15) is 18.4 Å². The number of hydrogen-bond donors (Lipinski definition) is 2. The van der Waals surface area contributed by atoms with Gasteiger partial charge in [-0.25, -0.2) is 4.98 Å². The lowest BCUT2D eigenvalue weighted by atomic mass is 10.1. The van der Waals surface area contributed by atoms with Gasteiger partial charge in [0.1, 0.15) is 5.82 Å². The van der Waals surface area contributed by atoms with Crippen LogP contribution in [0.5, 0.6) is 0 Å². The topological polar surface area (TPSA) is 97.6 Å². The molecule has 0 aliphatic carbocycles. The Balaban J connectivity index is 1.53. The molecule has 0 atom stereocenters. The van der Waals surface area contributed by atoms with Gasteiger partial charge in [-0.3, -0.25) is 9.59 Å². The SMILES string of the molecule is COC(=O)CCC(=O)Nc1cccc(CNc2cc(-c3ccccc3Cl)nc3c(Br)cnn23)c1. The molecule has 2 N–H and O–H groups in total. The number of carbonyl (C=O) groups excluding carboxylic acids is 2. The van der Waals surface area contributed by atoms with Crippen molar-refractivity contribution in [3.05, 3.63) is 75.9 Å². The minimum absolute atomic E-state index is 0.0365. The van der Waals surface area contributed by atoms with E-state index < -0.39 is 5.97 Å². The number of methoxy groups -OCH3 is 1. The number of aromatic nitrogens is 3. The first-order valence-electron chi connectivity index (χ1n) is 10.4. The monoisotopic (exact) mass is 541 g/mol. The molecule has 0 aliphatic heterocycles. The molecular weight excluding hydrogens is 522 g/mol. The molecule has 4 rings (SSSR count). The maximum Gasteiger partial charge on any atom is 0.306 e. The molecule has 0 bridgehead atoms. The minimum Gasteiger partial charge on any atom is -0.469 e. The summed E-state index contributed by atoms with van der Waals surface area (Å²) in [6.45, 7) is 0.477. The van der Waals surface area contributed by atoms with Crippen LogP contribution < -0.4 is 10.6 Å². The average Bonchev–Trinajstić information content (AvgIpc) is 3.22. The third-order valence-corrected chi connectivity index (χ3v) is 5.94. The fraction of sp³-hybridized carbons (Fsp3) is 0.167. The summed E-state index contributed by atoms with van der Waals surface area (Å²) in [4.78, 5) is 28.1. The van der Waals surface area contributed by atoms with Crippen LogP contribution in [0, 0.1) is 0 Å². The van der Waals surface area contributed by atoms with Crippen molar-refractivity contribution >= 4 is 56.6 Å². The predicted molar refractivity (Wildman–Crippen MR) is 135 cm³/mol. The molecule has 0 fully saturated rings. The van der Waals surface area contributed by atoms with Gasteiger partial charge in [0.2, 0.25) is 5.91 Å². The zero-order valence-corrected chi connectivity index (χ0v) is 20.6. The second-order valence-electron chi connectivity index (χ2n) is 7.41. The lowest BCUT2D eigenvalue weighted by molar-refractivity contribution is -0.141. The highest BCUT2D eigenvalue weighted by molar-refractivity contribution is 9.10. The Morgan fingerprint density at radius 1 is 1.12 bits per heavy atom. The van der Waals surface area contributed by atoms with Gasteiger partial charge >= 0.3 is 5.97 Å². The molecule has 4 aromatic rings. The van der Waals surface area contributed by atoms with Gasteiger partial charge in [0.05, 0.1) is 29.9 Å². The average molecular weight is 543 g/mol. The summed E-state index contributed by atoms with van der Waals surface area (Å²) in [5.41, 5.74) is 3.79. The van der Waals surface area contributed by atoms with Crippen LogP contribution in [-0.4, -0.2) is 33.6 Å². The van der Waals surface area contributed by atoms with Gasteiger partial charge in [-0.15, -0.1) is 0 Å². The van der Waals surface area contributed by atoms with Gasteiger partial charge in [0, 0.05) is 35.3 Å². The fourth-order valence-corrected chi connectivity index (χ4v) is 3.94. The molecule has 2 aromatic carbocycles. The number of fused-ring (bicyclic) bond motifs is 1. The van der Waals surface area contributed by atoms with E-state index in [0.29, 0.717) is 28.6 Å². The highest BCUT2D eigenvalue weighted by Gasteiger charge is 2.13. The number of anilines is 2. The standard InChI is InChI=1S/C24H21BrClN5O3/c1-34-23(33)10-9-22(32)29-16-6-4-5-15(11-16)13-27-21-12-20(17-7-2-3-8-19(17)26)30-24-18(25)14-28-31(21)24/h2-8,11-12,14,27H,9-10,13H2,1H3,(H,29,32). The van der Waals surface area contributed by atoms with Gasteiger partial charge in [-0.05, 0) is 39.7 Å². The van der Waals surface area contributed by atoms with E-state index in [-0.39, 0.29) is 18.7 Å². The Hall–Kier alpha value is -3.43. The Morgan fingerprint density at radius 3 is 2.74 bits per heavy atom. The van der Waals surface area contributed by atoms with Crippen molar-refractivity contribution in [2.45, 2.75) is 19.4 Å². The molecule has 0 aliphatic rings. The molecule has 34 heavy (non-hydrogen) atoms. The summed E-state index contributed by atoms with van der Waals surface area (Å²) in [5, 5.41) is 11.2. The zero-order chi connectivity index (χ0) is 24.1.